The van der Waals surface area contributed by atoms with Crippen LogP contribution in [0, 0.1) is 0 Å². The predicted octanol–water partition coefficient (Wildman–Crippen LogP) is 2.62. The molecule has 2 unspecified atom stereocenters. The molecule has 7 nitrogen and oxygen atoms in total. The van der Waals surface area contributed by atoms with Crippen LogP contribution in [-0.2, 0) is 16.1 Å². The maximum atomic E-state index is 12.6. The maximum Gasteiger partial charge on any atom is 0.412 e. The number of aliphatic carboxylic acids is 1. The van der Waals surface area contributed by atoms with Crippen LogP contribution in [0.5, 0.6) is 5.88 Å². The molecule has 1 amide bonds. The van der Waals surface area contributed by atoms with E-state index in [9.17, 15) is 19.8 Å². The molecule has 1 aliphatic rings. The van der Waals surface area contributed by atoms with Gasteiger partial charge in [0, 0.05) is 18.0 Å². The molecule has 1 saturated heterocycles. The predicted molar refractivity (Wildman–Crippen MR) is 91.0 cm³/mol. The summed E-state index contributed by atoms with van der Waals surface area (Å²) in [5, 5.41) is 18.4. The van der Waals surface area contributed by atoms with Crippen molar-refractivity contribution in [1.29, 1.82) is 0 Å². The fraction of sp³-hybridized carbons (Fsp3) is 0.235. The van der Waals surface area contributed by atoms with Crippen molar-refractivity contribution >= 4 is 23.8 Å². The third-order valence-electron chi connectivity index (χ3n) is 3.76. The van der Waals surface area contributed by atoms with Crippen LogP contribution in [0.1, 0.15) is 16.5 Å². The first-order valence-electron chi connectivity index (χ1n) is 7.54. The van der Waals surface area contributed by atoms with Crippen molar-refractivity contribution in [3.8, 4) is 5.88 Å². The van der Waals surface area contributed by atoms with Gasteiger partial charge in [-0.25, -0.2) is 14.6 Å². The van der Waals surface area contributed by atoms with Crippen LogP contribution in [0.25, 0.3) is 0 Å². The zero-order chi connectivity index (χ0) is 17.8. The number of carbonyl (C=O) groups excluding carboxylic acids is 1. The molecule has 1 aromatic carbocycles. The van der Waals surface area contributed by atoms with Gasteiger partial charge in [-0.1, -0.05) is 30.3 Å². The third-order valence-corrected chi connectivity index (χ3v) is 5.08. The summed E-state index contributed by atoms with van der Waals surface area (Å²) in [5.41, 5.74) is 1.41. The van der Waals surface area contributed by atoms with Crippen LogP contribution in [0.15, 0.2) is 48.7 Å². The van der Waals surface area contributed by atoms with Crippen LogP contribution in [-0.4, -0.2) is 44.0 Å². The molecule has 0 saturated carbocycles. The fourth-order valence-electron chi connectivity index (χ4n) is 2.56. The van der Waals surface area contributed by atoms with Gasteiger partial charge in [-0.2, -0.15) is 0 Å². The minimum atomic E-state index is -1.09. The summed E-state index contributed by atoms with van der Waals surface area (Å²) in [4.78, 5) is 29.0. The van der Waals surface area contributed by atoms with Gasteiger partial charge >= 0.3 is 12.1 Å². The van der Waals surface area contributed by atoms with Gasteiger partial charge in [-0.05, 0) is 17.2 Å². The molecule has 2 heterocycles. The van der Waals surface area contributed by atoms with E-state index in [1.807, 2.05) is 30.3 Å². The summed E-state index contributed by atoms with van der Waals surface area (Å²) < 4.78 is 5.31. The normalized spacial score (nSPS) is 19.6. The largest absolute Gasteiger partial charge is 0.493 e. The molecule has 0 aliphatic carbocycles. The lowest BCUT2D eigenvalue weighted by Gasteiger charge is -2.26. The van der Waals surface area contributed by atoms with Gasteiger partial charge in [0.25, 0.3) is 0 Å². The molecule has 1 fully saturated rings. The van der Waals surface area contributed by atoms with Gasteiger partial charge in [0.2, 0.25) is 5.88 Å². The first-order valence-corrected chi connectivity index (χ1v) is 8.59. The summed E-state index contributed by atoms with van der Waals surface area (Å²) in [7, 11) is 0. The van der Waals surface area contributed by atoms with Crippen molar-refractivity contribution in [3.63, 3.8) is 0 Å². The topological polar surface area (TPSA) is 100.0 Å². The number of carbonyl (C=O) groups is 2. The Balaban J connectivity index is 1.79. The van der Waals surface area contributed by atoms with E-state index in [-0.39, 0.29) is 18.2 Å². The number of aromatic nitrogens is 1. The molecule has 130 valence electrons. The Hall–Kier alpha value is -2.74. The van der Waals surface area contributed by atoms with Crippen LogP contribution in [0.3, 0.4) is 0 Å². The molecule has 1 aliphatic heterocycles. The van der Waals surface area contributed by atoms with E-state index in [1.54, 1.807) is 6.07 Å². The number of carboxylic acids is 1. The highest BCUT2D eigenvalue weighted by Gasteiger charge is 2.43. The van der Waals surface area contributed by atoms with E-state index in [0.29, 0.717) is 5.56 Å². The number of amides is 1. The zero-order valence-electron chi connectivity index (χ0n) is 13.1. The smallest absolute Gasteiger partial charge is 0.412 e. The quantitative estimate of drug-likeness (QED) is 0.864. The van der Waals surface area contributed by atoms with E-state index < -0.39 is 23.5 Å². The van der Waals surface area contributed by atoms with E-state index in [4.69, 9.17) is 4.74 Å². The van der Waals surface area contributed by atoms with Gasteiger partial charge in [0.05, 0.1) is 0 Å². The number of aromatic hydroxyl groups is 1. The highest BCUT2D eigenvalue weighted by atomic mass is 32.2. The van der Waals surface area contributed by atoms with Crippen molar-refractivity contribution < 1.29 is 24.5 Å². The number of hydrogen-bond donors (Lipinski definition) is 2. The summed E-state index contributed by atoms with van der Waals surface area (Å²) >= 11 is 1.30. The molecule has 3 rings (SSSR count). The molecule has 2 aromatic rings. The lowest BCUT2D eigenvalue weighted by atomic mass is 10.2. The summed E-state index contributed by atoms with van der Waals surface area (Å²) in [6.45, 7) is 0.0570. The van der Waals surface area contributed by atoms with E-state index in [1.165, 1.54) is 28.9 Å². The molecular formula is C17H16N2O5S. The highest BCUT2D eigenvalue weighted by molar-refractivity contribution is 7.99. The Morgan fingerprint density at radius 2 is 2.04 bits per heavy atom. The molecule has 1 aromatic heterocycles. The lowest BCUT2D eigenvalue weighted by molar-refractivity contribution is -0.141. The van der Waals surface area contributed by atoms with Crippen LogP contribution in [0.4, 0.5) is 4.79 Å². The van der Waals surface area contributed by atoms with Gasteiger partial charge in [0.1, 0.15) is 18.0 Å². The Kier molecular flexibility index (Phi) is 5.08. The second-order valence-corrected chi connectivity index (χ2v) is 6.55. The summed E-state index contributed by atoms with van der Waals surface area (Å²) in [6.07, 6.45) is 0.704. The lowest BCUT2D eigenvalue weighted by Crippen LogP contribution is -2.43. The third kappa shape index (κ3) is 3.85. The second-order valence-electron chi connectivity index (χ2n) is 5.43. The minimum Gasteiger partial charge on any atom is -0.493 e. The molecule has 8 heteroatoms. The number of rotatable bonds is 4. The van der Waals surface area contributed by atoms with Gasteiger partial charge in [-0.3, -0.25) is 4.90 Å². The molecular weight excluding hydrogens is 344 g/mol. The monoisotopic (exact) mass is 360 g/mol. The Morgan fingerprint density at radius 1 is 1.28 bits per heavy atom. The number of thioether (sulfide) groups is 1. The van der Waals surface area contributed by atoms with Crippen molar-refractivity contribution in [2.45, 2.75) is 18.0 Å². The van der Waals surface area contributed by atoms with Crippen LogP contribution >= 0.6 is 11.8 Å². The number of ether oxygens (including phenoxy) is 1. The molecule has 25 heavy (non-hydrogen) atoms. The maximum absolute atomic E-state index is 12.6. The summed E-state index contributed by atoms with van der Waals surface area (Å²) in [5.74, 6) is -1.04. The van der Waals surface area contributed by atoms with E-state index in [0.717, 1.165) is 5.56 Å². The average Bonchev–Trinajstić information content (AvgIpc) is 3.06. The number of benzene rings is 1. The van der Waals surface area contributed by atoms with E-state index >= 15 is 0 Å². The standard InChI is InChI=1S/C17H16N2O5S/c20-14-8-12(6-7-18-14)15-19(13(10-25-15)16(21)22)17(23)24-9-11-4-2-1-3-5-11/h1-8,13,15H,9-10H2,(H,18,20)(H,21,22). The number of hydrogen-bond acceptors (Lipinski definition) is 6. The first-order chi connectivity index (χ1) is 12.1. The van der Waals surface area contributed by atoms with Crippen molar-refractivity contribution in [3.05, 3.63) is 59.8 Å². The first kappa shape index (κ1) is 17.1. The molecule has 0 bridgehead atoms. The Morgan fingerprint density at radius 3 is 2.72 bits per heavy atom. The van der Waals surface area contributed by atoms with Crippen LogP contribution in [0.2, 0.25) is 0 Å². The second kappa shape index (κ2) is 7.43. The SMILES string of the molecule is O=C(O)C1CSC(c2ccnc(O)c2)N1C(=O)OCc1ccccc1. The average molecular weight is 360 g/mol. The Bertz CT molecular complexity index is 771. The van der Waals surface area contributed by atoms with Crippen LogP contribution < -0.4 is 0 Å². The van der Waals surface area contributed by atoms with Gasteiger partial charge < -0.3 is 14.9 Å². The highest BCUT2D eigenvalue weighted by Crippen LogP contribution is 2.42. The molecule has 0 spiro atoms. The molecule has 2 N–H and O–H groups in total. The summed E-state index contributed by atoms with van der Waals surface area (Å²) in [6, 6.07) is 11.2. The Labute approximate surface area is 148 Å². The fourth-order valence-corrected chi connectivity index (χ4v) is 3.96. The zero-order valence-corrected chi connectivity index (χ0v) is 13.9. The van der Waals surface area contributed by atoms with Crippen molar-refractivity contribution in [2.24, 2.45) is 0 Å². The van der Waals surface area contributed by atoms with Crippen molar-refractivity contribution in [2.75, 3.05) is 5.75 Å². The number of pyridine rings is 1. The van der Waals surface area contributed by atoms with E-state index in [2.05, 4.69) is 4.98 Å². The number of nitrogens with zero attached hydrogens (tertiary/aromatic N) is 2. The molecule has 2 atom stereocenters. The molecule has 0 radical (unpaired) electrons. The minimum absolute atomic E-state index is 0.0570. The number of carboxylic acid groups (broad SMARTS) is 1. The van der Waals surface area contributed by atoms with Crippen molar-refractivity contribution in [1.82, 2.24) is 9.88 Å². The van der Waals surface area contributed by atoms with Gasteiger partial charge in [0.15, 0.2) is 0 Å². The van der Waals surface area contributed by atoms with Gasteiger partial charge in [-0.15, -0.1) is 11.8 Å².